The molecule has 2 aromatic heterocycles. The van der Waals surface area contributed by atoms with Crippen LogP contribution in [0.3, 0.4) is 0 Å². The Morgan fingerprint density at radius 3 is 2.64 bits per heavy atom. The van der Waals surface area contributed by atoms with Crippen LogP contribution in [0.4, 0.5) is 10.6 Å². The molecule has 2 aromatic carbocycles. The lowest BCUT2D eigenvalue weighted by Gasteiger charge is -2.20. The van der Waals surface area contributed by atoms with Gasteiger partial charge in [0, 0.05) is 24.4 Å². The van der Waals surface area contributed by atoms with Gasteiger partial charge in [-0.1, -0.05) is 48.9 Å². The number of hydrogen-bond donors (Lipinski definition) is 2. The number of nitrogens with one attached hydrogen (secondary N) is 2. The quantitative estimate of drug-likeness (QED) is 0.430. The summed E-state index contributed by atoms with van der Waals surface area (Å²) < 4.78 is 3.54. The van der Waals surface area contributed by atoms with Crippen molar-refractivity contribution >= 4 is 11.8 Å². The molecule has 5 rings (SSSR count). The van der Waals surface area contributed by atoms with Crippen LogP contribution in [0.15, 0.2) is 67.0 Å². The first-order valence-corrected chi connectivity index (χ1v) is 11.4. The molecule has 7 nitrogen and oxygen atoms in total. The molecule has 168 valence electrons. The van der Waals surface area contributed by atoms with E-state index in [9.17, 15) is 4.79 Å². The highest BCUT2D eigenvalue weighted by Gasteiger charge is 2.23. The summed E-state index contributed by atoms with van der Waals surface area (Å²) >= 11 is 0. The molecule has 7 heteroatoms. The highest BCUT2D eigenvalue weighted by Crippen LogP contribution is 2.31. The van der Waals surface area contributed by atoms with Gasteiger partial charge in [-0.2, -0.15) is 10.2 Å². The minimum absolute atomic E-state index is 0.00473. The molecular formula is C26H28N6O. The molecule has 0 fully saturated rings. The zero-order valence-electron chi connectivity index (χ0n) is 19.0. The molecule has 0 aliphatic heterocycles. The van der Waals surface area contributed by atoms with Crippen LogP contribution < -0.4 is 10.6 Å². The molecule has 0 spiro atoms. The van der Waals surface area contributed by atoms with Crippen molar-refractivity contribution in [2.75, 3.05) is 5.32 Å². The summed E-state index contributed by atoms with van der Waals surface area (Å²) in [7, 11) is 1.88. The summed E-state index contributed by atoms with van der Waals surface area (Å²) in [5.41, 5.74) is 6.01. The lowest BCUT2D eigenvalue weighted by Crippen LogP contribution is -2.33. The van der Waals surface area contributed by atoms with E-state index in [1.165, 1.54) is 11.1 Å². The molecule has 0 radical (unpaired) electrons. The molecule has 2 heterocycles. The molecule has 2 N–H and O–H groups in total. The number of rotatable bonds is 4. The number of carbonyl (C=O) groups excluding carboxylic acids is 1. The highest BCUT2D eigenvalue weighted by molar-refractivity contribution is 5.91. The molecule has 0 bridgehead atoms. The van der Waals surface area contributed by atoms with Crippen molar-refractivity contribution in [1.82, 2.24) is 24.9 Å². The van der Waals surface area contributed by atoms with Crippen molar-refractivity contribution in [3.8, 4) is 16.9 Å². The van der Waals surface area contributed by atoms with E-state index in [0.29, 0.717) is 5.82 Å². The second-order valence-electron chi connectivity index (χ2n) is 8.57. The maximum absolute atomic E-state index is 13.2. The highest BCUT2D eigenvalue weighted by atomic mass is 16.2. The molecule has 1 aliphatic carbocycles. The maximum atomic E-state index is 13.2. The largest absolute Gasteiger partial charge is 0.331 e. The predicted octanol–water partition coefficient (Wildman–Crippen LogP) is 5.17. The van der Waals surface area contributed by atoms with Crippen LogP contribution in [0.5, 0.6) is 0 Å². The third-order valence-corrected chi connectivity index (χ3v) is 6.26. The number of para-hydroxylation sites is 1. The number of fused-ring (bicyclic) bond motifs is 1. The fraction of sp³-hybridized carbons (Fsp3) is 0.269. The Bertz CT molecular complexity index is 1270. The van der Waals surface area contributed by atoms with Crippen LogP contribution in [0.2, 0.25) is 0 Å². The van der Waals surface area contributed by atoms with Gasteiger partial charge in [0.1, 0.15) is 11.5 Å². The van der Waals surface area contributed by atoms with Crippen LogP contribution in [-0.4, -0.2) is 25.6 Å². The molecular weight excluding hydrogens is 412 g/mol. The van der Waals surface area contributed by atoms with Crippen LogP contribution in [0, 0.1) is 6.92 Å². The lowest BCUT2D eigenvalue weighted by molar-refractivity contribution is 0.247. The smallest absolute Gasteiger partial charge is 0.320 e. The minimum atomic E-state index is -0.227. The Morgan fingerprint density at radius 2 is 1.85 bits per heavy atom. The standard InChI is InChI=1S/C26H28N6O/c1-18-24(20-16-27-31(2)17-20)30-32(21-12-4-3-5-13-21)25(18)29-26(33)28-23-15-9-7-11-19-10-6-8-14-22(19)23/h3-6,8,10,12-14,16-17,23H,7,9,11,15H2,1-2H3,(H2,28,29,33). The lowest BCUT2D eigenvalue weighted by atomic mass is 9.99. The fourth-order valence-electron chi connectivity index (χ4n) is 4.59. The zero-order valence-corrected chi connectivity index (χ0v) is 19.0. The maximum Gasteiger partial charge on any atom is 0.320 e. The number of nitrogens with zero attached hydrogens (tertiary/aromatic N) is 4. The summed E-state index contributed by atoms with van der Waals surface area (Å²) in [4.78, 5) is 13.2. The van der Waals surface area contributed by atoms with Crippen molar-refractivity contribution in [3.05, 3.63) is 83.7 Å². The second-order valence-corrected chi connectivity index (χ2v) is 8.57. The van der Waals surface area contributed by atoms with E-state index in [1.807, 2.05) is 56.6 Å². The molecule has 33 heavy (non-hydrogen) atoms. The van der Waals surface area contributed by atoms with Gasteiger partial charge in [0.15, 0.2) is 0 Å². The molecule has 2 amide bonds. The number of anilines is 1. The Labute approximate surface area is 193 Å². The fourth-order valence-corrected chi connectivity index (χ4v) is 4.59. The Kier molecular flexibility index (Phi) is 5.69. The van der Waals surface area contributed by atoms with Gasteiger partial charge in [-0.05, 0) is 49.4 Å². The van der Waals surface area contributed by atoms with E-state index in [-0.39, 0.29) is 12.1 Å². The van der Waals surface area contributed by atoms with Crippen molar-refractivity contribution in [2.24, 2.45) is 7.05 Å². The van der Waals surface area contributed by atoms with Gasteiger partial charge in [-0.15, -0.1) is 0 Å². The first kappa shape index (κ1) is 21.0. The summed E-state index contributed by atoms with van der Waals surface area (Å²) in [6.45, 7) is 1.98. The molecule has 4 aromatic rings. The first-order valence-electron chi connectivity index (χ1n) is 11.4. The number of carbonyl (C=O) groups is 1. The topological polar surface area (TPSA) is 76.8 Å². The van der Waals surface area contributed by atoms with Crippen LogP contribution in [-0.2, 0) is 13.5 Å². The van der Waals surface area contributed by atoms with Gasteiger partial charge in [0.2, 0.25) is 0 Å². The van der Waals surface area contributed by atoms with Crippen molar-refractivity contribution in [1.29, 1.82) is 0 Å². The normalized spacial score (nSPS) is 15.5. The average molecular weight is 441 g/mol. The Morgan fingerprint density at radius 1 is 1.06 bits per heavy atom. The van der Waals surface area contributed by atoms with Gasteiger partial charge >= 0.3 is 6.03 Å². The number of amides is 2. The summed E-state index contributed by atoms with van der Waals surface area (Å²) in [6.07, 6.45) is 7.94. The number of aromatic nitrogens is 4. The average Bonchev–Trinajstić information content (AvgIpc) is 3.32. The van der Waals surface area contributed by atoms with Crippen LogP contribution >= 0.6 is 0 Å². The number of aryl methyl sites for hydroxylation is 2. The van der Waals surface area contributed by atoms with Gasteiger partial charge < -0.3 is 5.32 Å². The van der Waals surface area contributed by atoms with Gasteiger partial charge in [-0.3, -0.25) is 10.00 Å². The van der Waals surface area contributed by atoms with Gasteiger partial charge in [0.25, 0.3) is 0 Å². The minimum Gasteiger partial charge on any atom is -0.331 e. The monoisotopic (exact) mass is 440 g/mol. The molecule has 1 atom stereocenters. The van der Waals surface area contributed by atoms with E-state index in [0.717, 1.165) is 48.2 Å². The van der Waals surface area contributed by atoms with E-state index >= 15 is 0 Å². The SMILES string of the molecule is Cc1c(-c2cnn(C)c2)nn(-c2ccccc2)c1NC(=O)NC1CCCCc2ccccc21. The summed E-state index contributed by atoms with van der Waals surface area (Å²) in [5.74, 6) is 0.652. The van der Waals surface area contributed by atoms with Crippen molar-refractivity contribution in [2.45, 2.75) is 38.6 Å². The predicted molar refractivity (Wildman–Crippen MR) is 129 cm³/mol. The van der Waals surface area contributed by atoms with E-state index in [2.05, 4.69) is 33.9 Å². The summed E-state index contributed by atoms with van der Waals surface area (Å²) in [5, 5.41) is 15.4. The number of urea groups is 1. The number of hydrogen-bond acceptors (Lipinski definition) is 3. The molecule has 0 saturated carbocycles. The third kappa shape index (κ3) is 4.26. The van der Waals surface area contributed by atoms with E-state index in [4.69, 9.17) is 5.10 Å². The zero-order chi connectivity index (χ0) is 22.8. The summed E-state index contributed by atoms with van der Waals surface area (Å²) in [6, 6.07) is 18.0. The first-order chi connectivity index (χ1) is 16.1. The van der Waals surface area contributed by atoms with Crippen molar-refractivity contribution < 1.29 is 4.79 Å². The van der Waals surface area contributed by atoms with Gasteiger partial charge in [-0.25, -0.2) is 9.48 Å². The van der Waals surface area contributed by atoms with Crippen LogP contribution in [0.25, 0.3) is 16.9 Å². The van der Waals surface area contributed by atoms with Crippen molar-refractivity contribution in [3.63, 3.8) is 0 Å². The van der Waals surface area contributed by atoms with Crippen LogP contribution in [0.1, 0.15) is 42.0 Å². The molecule has 1 unspecified atom stereocenters. The second kappa shape index (κ2) is 8.94. The van der Waals surface area contributed by atoms with Gasteiger partial charge in [0.05, 0.1) is 17.9 Å². The number of benzene rings is 2. The molecule has 0 saturated heterocycles. The molecule has 1 aliphatic rings. The Hall–Kier alpha value is -3.87. The Balaban J connectivity index is 1.46. The van der Waals surface area contributed by atoms with E-state index < -0.39 is 0 Å². The third-order valence-electron chi connectivity index (χ3n) is 6.26. The van der Waals surface area contributed by atoms with E-state index in [1.54, 1.807) is 15.6 Å².